The summed E-state index contributed by atoms with van der Waals surface area (Å²) in [4.78, 5) is 7.34. The highest BCUT2D eigenvalue weighted by Gasteiger charge is 2.46. The lowest BCUT2D eigenvalue weighted by Gasteiger charge is -2.48. The Balaban J connectivity index is 1.79. The summed E-state index contributed by atoms with van der Waals surface area (Å²) in [7, 11) is 0. The molecule has 1 aliphatic carbocycles. The summed E-state index contributed by atoms with van der Waals surface area (Å²) in [6.07, 6.45) is -3.41. The smallest absolute Gasteiger partial charge is 0.433 e. The zero-order chi connectivity index (χ0) is 13.6. The second-order valence-electron chi connectivity index (χ2n) is 5.13. The van der Waals surface area contributed by atoms with E-state index in [1.165, 1.54) is 6.92 Å². The second-order valence-corrected chi connectivity index (χ2v) is 5.13. The molecule has 3 rings (SSSR count). The molecule has 1 saturated heterocycles. The van der Waals surface area contributed by atoms with Gasteiger partial charge in [-0.3, -0.25) is 0 Å². The molecule has 1 aliphatic heterocycles. The number of halogens is 3. The zero-order valence-electron chi connectivity index (χ0n) is 10.4. The van der Waals surface area contributed by atoms with Crippen LogP contribution < -0.4 is 10.1 Å². The van der Waals surface area contributed by atoms with Gasteiger partial charge in [0.2, 0.25) is 5.88 Å². The average Bonchev–Trinajstić information content (AvgIpc) is 2.35. The molecule has 0 spiro atoms. The number of ether oxygens (including phenoxy) is 1. The predicted octanol–water partition coefficient (Wildman–Crippen LogP) is 1.79. The van der Waals surface area contributed by atoms with Gasteiger partial charge < -0.3 is 10.1 Å². The van der Waals surface area contributed by atoms with E-state index in [2.05, 4.69) is 15.3 Å². The van der Waals surface area contributed by atoms with E-state index in [-0.39, 0.29) is 17.8 Å². The standard InChI is InChI=1S/C12H14F3N3O/c1-6-17-9(12(13,14)15)3-10(18-6)19-11-7-2-8(11)5-16-4-7/h3,7-8,11,16H,2,4-5H2,1H3/t7-,8+,11?. The highest BCUT2D eigenvalue weighted by atomic mass is 19.4. The molecule has 2 bridgehead atoms. The molecule has 0 aromatic carbocycles. The molecule has 4 nitrogen and oxygen atoms in total. The number of nitrogens with one attached hydrogen (secondary N) is 1. The van der Waals surface area contributed by atoms with Crippen molar-refractivity contribution in [3.63, 3.8) is 0 Å². The number of rotatable bonds is 2. The Hall–Kier alpha value is -1.37. The molecular formula is C12H14F3N3O. The van der Waals surface area contributed by atoms with Gasteiger partial charge in [0.1, 0.15) is 11.9 Å². The summed E-state index contributed by atoms with van der Waals surface area (Å²) in [6.45, 7) is 3.15. The lowest BCUT2D eigenvalue weighted by atomic mass is 9.69. The van der Waals surface area contributed by atoms with Gasteiger partial charge in [0.05, 0.1) is 0 Å². The van der Waals surface area contributed by atoms with Crippen LogP contribution in [-0.2, 0) is 6.18 Å². The van der Waals surface area contributed by atoms with Crippen molar-refractivity contribution < 1.29 is 17.9 Å². The molecule has 104 valence electrons. The van der Waals surface area contributed by atoms with Crippen molar-refractivity contribution in [1.82, 2.24) is 15.3 Å². The number of aromatic nitrogens is 2. The van der Waals surface area contributed by atoms with Gasteiger partial charge >= 0.3 is 6.18 Å². The van der Waals surface area contributed by atoms with Crippen LogP contribution in [0.25, 0.3) is 0 Å². The Morgan fingerprint density at radius 3 is 2.53 bits per heavy atom. The maximum Gasteiger partial charge on any atom is 0.433 e. The van der Waals surface area contributed by atoms with Gasteiger partial charge in [0.15, 0.2) is 5.69 Å². The van der Waals surface area contributed by atoms with Crippen LogP contribution in [0.15, 0.2) is 6.07 Å². The Morgan fingerprint density at radius 2 is 1.95 bits per heavy atom. The Morgan fingerprint density at radius 1 is 1.26 bits per heavy atom. The summed E-state index contributed by atoms with van der Waals surface area (Å²) in [5.41, 5.74) is -0.947. The van der Waals surface area contributed by atoms with E-state index in [1.54, 1.807) is 0 Å². The van der Waals surface area contributed by atoms with Gasteiger partial charge in [-0.2, -0.15) is 18.2 Å². The third-order valence-corrected chi connectivity index (χ3v) is 3.71. The minimum atomic E-state index is -4.47. The monoisotopic (exact) mass is 273 g/mol. The molecule has 0 radical (unpaired) electrons. The first-order valence-corrected chi connectivity index (χ1v) is 6.24. The second kappa shape index (κ2) is 4.33. The predicted molar refractivity (Wildman–Crippen MR) is 60.7 cm³/mol. The van der Waals surface area contributed by atoms with Gasteiger partial charge in [-0.1, -0.05) is 0 Å². The first-order valence-electron chi connectivity index (χ1n) is 6.24. The number of hydrogen-bond acceptors (Lipinski definition) is 4. The molecule has 2 heterocycles. The quantitative estimate of drug-likeness (QED) is 0.892. The van der Waals surface area contributed by atoms with E-state index in [0.29, 0.717) is 11.8 Å². The van der Waals surface area contributed by atoms with Crippen molar-refractivity contribution in [1.29, 1.82) is 0 Å². The normalized spacial score (nSPS) is 29.8. The lowest BCUT2D eigenvalue weighted by molar-refractivity contribution is -0.141. The van der Waals surface area contributed by atoms with E-state index in [9.17, 15) is 13.2 Å². The summed E-state index contributed by atoms with van der Waals surface area (Å²) in [6, 6.07) is 0.883. The molecule has 7 heteroatoms. The van der Waals surface area contributed by atoms with Crippen LogP contribution in [0.3, 0.4) is 0 Å². The molecule has 1 saturated carbocycles. The van der Waals surface area contributed by atoms with Crippen LogP contribution in [-0.4, -0.2) is 29.2 Å². The number of hydrogen-bond donors (Lipinski definition) is 1. The SMILES string of the molecule is Cc1nc(OC2[C@@H]3CNC[C@H]2C3)cc(C(F)(F)F)n1. The fourth-order valence-electron chi connectivity index (χ4n) is 2.78. The Kier molecular flexibility index (Phi) is 2.88. The first-order chi connectivity index (χ1) is 8.93. The number of alkyl halides is 3. The maximum absolute atomic E-state index is 12.7. The van der Waals surface area contributed by atoms with E-state index in [4.69, 9.17) is 4.74 Å². The molecule has 0 amide bonds. The van der Waals surface area contributed by atoms with Gasteiger partial charge in [-0.25, -0.2) is 4.98 Å². The van der Waals surface area contributed by atoms with Crippen molar-refractivity contribution in [2.24, 2.45) is 11.8 Å². The Labute approximate surface area is 108 Å². The Bertz CT molecular complexity index is 478. The molecule has 2 aliphatic rings. The van der Waals surface area contributed by atoms with E-state index >= 15 is 0 Å². The van der Waals surface area contributed by atoms with Crippen LogP contribution in [0.2, 0.25) is 0 Å². The molecule has 19 heavy (non-hydrogen) atoms. The van der Waals surface area contributed by atoms with Gasteiger partial charge in [-0.05, 0) is 13.3 Å². The topological polar surface area (TPSA) is 47.0 Å². The molecule has 3 atom stereocenters. The molecular weight excluding hydrogens is 259 g/mol. The molecule has 1 N–H and O–H groups in total. The van der Waals surface area contributed by atoms with Crippen molar-refractivity contribution in [3.05, 3.63) is 17.6 Å². The summed E-state index contributed by atoms with van der Waals surface area (Å²) in [5.74, 6) is 0.862. The van der Waals surface area contributed by atoms with E-state index in [1.807, 2.05) is 0 Å². The van der Waals surface area contributed by atoms with Crippen LogP contribution >= 0.6 is 0 Å². The fraction of sp³-hybridized carbons (Fsp3) is 0.667. The van der Waals surface area contributed by atoms with Crippen molar-refractivity contribution in [2.45, 2.75) is 25.6 Å². The van der Waals surface area contributed by atoms with Crippen LogP contribution in [0.4, 0.5) is 13.2 Å². The van der Waals surface area contributed by atoms with E-state index in [0.717, 1.165) is 25.6 Å². The van der Waals surface area contributed by atoms with Gasteiger partial charge in [0, 0.05) is 31.0 Å². The molecule has 1 aromatic heterocycles. The summed E-state index contributed by atoms with van der Waals surface area (Å²) < 4.78 is 43.6. The minimum absolute atomic E-state index is 0.0170. The summed E-state index contributed by atoms with van der Waals surface area (Å²) >= 11 is 0. The van der Waals surface area contributed by atoms with Crippen LogP contribution in [0.1, 0.15) is 17.9 Å². The number of aryl methyl sites for hydroxylation is 1. The van der Waals surface area contributed by atoms with Crippen molar-refractivity contribution >= 4 is 0 Å². The van der Waals surface area contributed by atoms with Gasteiger partial charge in [0.25, 0.3) is 0 Å². The van der Waals surface area contributed by atoms with E-state index < -0.39 is 11.9 Å². The third-order valence-electron chi connectivity index (χ3n) is 3.71. The maximum atomic E-state index is 12.7. The fourth-order valence-corrected chi connectivity index (χ4v) is 2.78. The molecule has 1 unspecified atom stereocenters. The number of nitrogens with zero attached hydrogens (tertiary/aromatic N) is 2. The summed E-state index contributed by atoms with van der Waals surface area (Å²) in [5, 5.41) is 3.25. The number of fused-ring (bicyclic) bond motifs is 2. The van der Waals surface area contributed by atoms with Crippen molar-refractivity contribution in [2.75, 3.05) is 13.1 Å². The van der Waals surface area contributed by atoms with Crippen LogP contribution in [0.5, 0.6) is 5.88 Å². The van der Waals surface area contributed by atoms with Crippen molar-refractivity contribution in [3.8, 4) is 5.88 Å². The minimum Gasteiger partial charge on any atom is -0.474 e. The first kappa shape index (κ1) is 12.7. The average molecular weight is 273 g/mol. The van der Waals surface area contributed by atoms with Gasteiger partial charge in [-0.15, -0.1) is 0 Å². The lowest BCUT2D eigenvalue weighted by Crippen LogP contribution is -2.59. The number of piperidine rings is 2. The molecule has 1 aromatic rings. The van der Waals surface area contributed by atoms with Crippen LogP contribution in [0, 0.1) is 18.8 Å². The largest absolute Gasteiger partial charge is 0.474 e. The molecule has 2 fully saturated rings. The third kappa shape index (κ3) is 2.39. The zero-order valence-corrected chi connectivity index (χ0v) is 10.4. The highest BCUT2D eigenvalue weighted by Crippen LogP contribution is 2.39. The highest BCUT2D eigenvalue weighted by molar-refractivity contribution is 5.19.